The first-order valence-electron chi connectivity index (χ1n) is 21.3. The van der Waals surface area contributed by atoms with Gasteiger partial charge < -0.3 is 28.1 Å². The minimum absolute atomic E-state index is 0.260. The smallest absolute Gasteiger partial charge is 0.410 e. The van der Waals surface area contributed by atoms with Crippen molar-refractivity contribution in [3.05, 3.63) is 48.3 Å². The standard InChI is InChI=1S/C44H68N10O6S2/c1-43(2,3)59-41(55)51-21-13-15-35(51)39-45-27-37(53(39)29-57-23-25-61(7,8)9)33-19-17-31(47-49-33)32-18-20-34(50-48-32)38-28-46-40(54(38)30-58-24-26-62(10,11)12)36-16-14-22-52(36)42(56)60-44(4,5)6/h17-20,27-28,35-36H,13-16,21-26,29-30H2,1-12H3/t35-,36-/m0/s1. The maximum atomic E-state index is 13.3. The molecule has 0 N–H and O–H groups in total. The summed E-state index contributed by atoms with van der Waals surface area (Å²) in [6.45, 7) is 14.2. The number of nitrogens with zero attached hydrogens (tertiary/aromatic N) is 10. The summed E-state index contributed by atoms with van der Waals surface area (Å²) in [4.78, 5) is 39.8. The van der Waals surface area contributed by atoms with E-state index in [9.17, 15) is 9.59 Å². The summed E-state index contributed by atoms with van der Waals surface area (Å²) in [5.74, 6) is 3.40. The van der Waals surface area contributed by atoms with Gasteiger partial charge in [-0.1, -0.05) is 0 Å². The lowest BCUT2D eigenvalue weighted by molar-refractivity contribution is 0.0195. The number of imidazole rings is 2. The average molecular weight is 897 g/mol. The number of hydrogen-bond acceptors (Lipinski definition) is 12. The summed E-state index contributed by atoms with van der Waals surface area (Å²) in [5.41, 5.74) is 2.58. The molecule has 0 radical (unpaired) electrons. The highest BCUT2D eigenvalue weighted by Crippen LogP contribution is 2.38. The van der Waals surface area contributed by atoms with E-state index in [1.165, 1.54) is 0 Å². The van der Waals surface area contributed by atoms with Gasteiger partial charge in [0.05, 0.1) is 49.1 Å². The van der Waals surface area contributed by atoms with E-state index in [0.29, 0.717) is 49.1 Å². The molecule has 16 nitrogen and oxygen atoms in total. The van der Waals surface area contributed by atoms with Crippen molar-refractivity contribution in [1.29, 1.82) is 0 Å². The van der Waals surface area contributed by atoms with Crippen molar-refractivity contribution in [1.82, 2.24) is 49.3 Å². The zero-order valence-electron chi connectivity index (χ0n) is 38.8. The van der Waals surface area contributed by atoms with E-state index >= 15 is 0 Å². The van der Waals surface area contributed by atoms with Gasteiger partial charge in [-0.2, -0.15) is 0 Å². The van der Waals surface area contributed by atoms with Crippen LogP contribution in [-0.4, -0.2) is 148 Å². The molecule has 0 spiro atoms. The van der Waals surface area contributed by atoms with Crippen LogP contribution >= 0.6 is 20.1 Å². The Morgan fingerprint density at radius 3 is 1.27 bits per heavy atom. The van der Waals surface area contributed by atoms with Crippen molar-refractivity contribution in [3.8, 4) is 34.2 Å². The molecule has 6 heterocycles. The Labute approximate surface area is 370 Å². The van der Waals surface area contributed by atoms with Crippen LogP contribution in [0.1, 0.15) is 91.0 Å². The molecular weight excluding hydrogens is 829 g/mol. The number of carbonyl (C=O) groups excluding carboxylic acids is 2. The molecule has 4 aromatic heterocycles. The fourth-order valence-electron chi connectivity index (χ4n) is 7.28. The Morgan fingerprint density at radius 1 is 0.597 bits per heavy atom. The normalized spacial score (nSPS) is 18.1. The molecule has 342 valence electrons. The van der Waals surface area contributed by atoms with E-state index < -0.39 is 31.3 Å². The lowest BCUT2D eigenvalue weighted by Crippen LogP contribution is -2.37. The zero-order valence-corrected chi connectivity index (χ0v) is 40.5. The Balaban J connectivity index is 1.24. The molecule has 2 saturated heterocycles. The number of amides is 2. The van der Waals surface area contributed by atoms with E-state index in [1.54, 1.807) is 22.2 Å². The molecule has 0 saturated carbocycles. The number of ether oxygens (including phenoxy) is 4. The van der Waals surface area contributed by atoms with Crippen LogP contribution in [0, 0.1) is 0 Å². The second kappa shape index (κ2) is 19.2. The van der Waals surface area contributed by atoms with Gasteiger partial charge in [-0.05, 0) is 129 Å². The molecule has 4 aromatic rings. The Kier molecular flexibility index (Phi) is 14.6. The summed E-state index contributed by atoms with van der Waals surface area (Å²) in [5, 5.41) is 18.4. The number of likely N-dealkylation sites (tertiary alicyclic amines) is 2. The number of rotatable bonds is 15. The van der Waals surface area contributed by atoms with E-state index in [-0.39, 0.29) is 37.7 Å². The van der Waals surface area contributed by atoms with Crippen molar-refractivity contribution >= 4 is 32.2 Å². The van der Waals surface area contributed by atoms with Gasteiger partial charge in [0.25, 0.3) is 0 Å². The van der Waals surface area contributed by atoms with Crippen LogP contribution in [0.15, 0.2) is 36.7 Å². The summed E-state index contributed by atoms with van der Waals surface area (Å²) in [6, 6.07) is 7.00. The second-order valence-corrected chi connectivity index (χ2v) is 29.0. The highest BCUT2D eigenvalue weighted by atomic mass is 32.3. The van der Waals surface area contributed by atoms with E-state index in [1.807, 2.05) is 74.9 Å². The van der Waals surface area contributed by atoms with E-state index in [4.69, 9.17) is 28.9 Å². The SMILES string of the molecule is CC(C)(C)OC(=O)N1CCC[C@H]1c1ncc(-c2ccc(-c3ccc(-c4cnc([C@@H]5CCCN5C(=O)OC(C)(C)C)n4COCCS(C)(C)C)nn3)nn2)n1COCCS(C)(C)C. The van der Waals surface area contributed by atoms with Gasteiger partial charge in [0.1, 0.15) is 59.1 Å². The van der Waals surface area contributed by atoms with Gasteiger partial charge >= 0.3 is 12.2 Å². The summed E-state index contributed by atoms with van der Waals surface area (Å²) >= 11 is 0. The molecular formula is C44H68N10O6S2. The van der Waals surface area contributed by atoms with Gasteiger partial charge in [0, 0.05) is 24.6 Å². The lowest BCUT2D eigenvalue weighted by Gasteiger charge is -2.29. The fraction of sp³-hybridized carbons (Fsp3) is 0.636. The topological polar surface area (TPSA) is 165 Å². The van der Waals surface area contributed by atoms with Gasteiger partial charge in [-0.3, -0.25) is 9.80 Å². The molecule has 0 unspecified atom stereocenters. The largest absolute Gasteiger partial charge is 0.444 e. The Hall–Kier alpha value is -4.26. The summed E-state index contributed by atoms with van der Waals surface area (Å²) < 4.78 is 28.1. The summed E-state index contributed by atoms with van der Waals surface area (Å²) in [6.07, 6.45) is 19.7. The van der Waals surface area contributed by atoms with Gasteiger partial charge in [0.2, 0.25) is 0 Å². The van der Waals surface area contributed by atoms with Crippen molar-refractivity contribution in [2.24, 2.45) is 0 Å². The van der Waals surface area contributed by atoms with Gasteiger partial charge in [0.15, 0.2) is 0 Å². The Bertz CT molecular complexity index is 1980. The molecule has 2 fully saturated rings. The lowest BCUT2D eigenvalue weighted by atomic mass is 10.2. The molecule has 2 aliphatic rings. The molecule has 2 aliphatic heterocycles. The third-order valence-electron chi connectivity index (χ3n) is 10.4. The van der Waals surface area contributed by atoms with Crippen LogP contribution in [0.25, 0.3) is 34.2 Å². The highest BCUT2D eigenvalue weighted by molar-refractivity contribution is 8.32. The molecule has 6 rings (SSSR count). The van der Waals surface area contributed by atoms with Crippen molar-refractivity contribution in [2.45, 2.75) is 104 Å². The second-order valence-electron chi connectivity index (χ2n) is 19.8. The third-order valence-corrected chi connectivity index (χ3v) is 13.2. The minimum atomic E-state index is -0.744. The van der Waals surface area contributed by atoms with Gasteiger partial charge in [-0.15, -0.1) is 20.4 Å². The predicted octanol–water partition coefficient (Wildman–Crippen LogP) is 8.14. The van der Waals surface area contributed by atoms with Crippen LogP contribution in [0.3, 0.4) is 0 Å². The molecule has 0 bridgehead atoms. The molecule has 0 aromatic carbocycles. The Morgan fingerprint density at radius 2 is 0.952 bits per heavy atom. The zero-order chi connectivity index (χ0) is 45.0. The van der Waals surface area contributed by atoms with Crippen LogP contribution in [-0.2, 0) is 32.4 Å². The maximum absolute atomic E-state index is 13.3. The molecule has 0 aliphatic carbocycles. The monoisotopic (exact) mass is 896 g/mol. The minimum Gasteiger partial charge on any atom is -0.444 e. The van der Waals surface area contributed by atoms with Crippen molar-refractivity contribution in [2.75, 3.05) is 75.3 Å². The maximum Gasteiger partial charge on any atom is 0.410 e. The fourth-order valence-corrected chi connectivity index (χ4v) is 8.52. The number of hydrogen-bond donors (Lipinski definition) is 0. The van der Waals surface area contributed by atoms with Crippen molar-refractivity contribution in [3.63, 3.8) is 0 Å². The molecule has 2 amide bonds. The molecule has 2 atom stereocenters. The highest BCUT2D eigenvalue weighted by Gasteiger charge is 2.38. The first-order chi connectivity index (χ1) is 29.1. The summed E-state index contributed by atoms with van der Waals surface area (Å²) in [7, 11) is -1.49. The molecule has 18 heteroatoms. The number of aromatic nitrogens is 8. The first-order valence-corrected chi connectivity index (χ1v) is 27.4. The van der Waals surface area contributed by atoms with Crippen molar-refractivity contribution < 1.29 is 28.5 Å². The average Bonchev–Trinajstić information content (AvgIpc) is 3.99. The third kappa shape index (κ3) is 12.5. The number of carbonyl (C=O) groups is 2. The first kappa shape index (κ1) is 47.2. The van der Waals surface area contributed by atoms with E-state index in [0.717, 1.165) is 60.2 Å². The quantitative estimate of drug-likeness (QED) is 0.105. The van der Waals surface area contributed by atoms with Crippen LogP contribution < -0.4 is 0 Å². The molecule has 62 heavy (non-hydrogen) atoms. The van der Waals surface area contributed by atoms with Crippen LogP contribution in [0.4, 0.5) is 9.59 Å². The van der Waals surface area contributed by atoms with Crippen LogP contribution in [0.5, 0.6) is 0 Å². The van der Waals surface area contributed by atoms with Crippen LogP contribution in [0.2, 0.25) is 0 Å². The van der Waals surface area contributed by atoms with Gasteiger partial charge in [-0.25, -0.2) is 39.6 Å². The predicted molar refractivity (Wildman–Crippen MR) is 248 cm³/mol. The van der Waals surface area contributed by atoms with E-state index in [2.05, 4.69) is 57.9 Å².